The largest absolute Gasteiger partial charge is 0.368 e. The molecule has 2 heterocycles. The van der Waals surface area contributed by atoms with E-state index in [1.54, 1.807) is 0 Å². The third-order valence-corrected chi connectivity index (χ3v) is 4.58. The lowest BCUT2D eigenvalue weighted by Crippen LogP contribution is -2.46. The standard InChI is InChI=1S/C17H24N2O2/c1-13(11-18-17(20)16-7-4-10-21-16)19-9-8-14-5-2-3-6-15(14)12-19/h2-3,5-6,13,16H,4,7-12H2,1H3,(H,18,20). The van der Waals surface area contributed by atoms with Crippen LogP contribution >= 0.6 is 0 Å². The minimum Gasteiger partial charge on any atom is -0.368 e. The molecule has 1 fully saturated rings. The summed E-state index contributed by atoms with van der Waals surface area (Å²) in [4.78, 5) is 14.4. The first-order valence-corrected chi connectivity index (χ1v) is 7.94. The number of nitrogens with one attached hydrogen (secondary N) is 1. The average molecular weight is 288 g/mol. The molecule has 1 N–H and O–H groups in total. The second kappa shape index (κ2) is 6.58. The molecule has 114 valence electrons. The number of rotatable bonds is 4. The number of carbonyl (C=O) groups excluding carboxylic acids is 1. The molecule has 2 atom stereocenters. The minimum absolute atomic E-state index is 0.0526. The van der Waals surface area contributed by atoms with Gasteiger partial charge in [-0.3, -0.25) is 9.69 Å². The molecule has 2 aliphatic heterocycles. The highest BCUT2D eigenvalue weighted by molar-refractivity contribution is 5.80. The summed E-state index contributed by atoms with van der Waals surface area (Å²) in [6.07, 6.45) is 2.73. The third kappa shape index (κ3) is 3.44. The van der Waals surface area contributed by atoms with Crippen LogP contribution in [-0.2, 0) is 22.5 Å². The molecule has 0 spiro atoms. The van der Waals surface area contributed by atoms with Crippen LogP contribution in [0.5, 0.6) is 0 Å². The molecule has 0 aromatic heterocycles. The van der Waals surface area contributed by atoms with Crippen LogP contribution in [0.4, 0.5) is 0 Å². The van der Waals surface area contributed by atoms with Gasteiger partial charge in [0.05, 0.1) is 0 Å². The molecular formula is C17H24N2O2. The second-order valence-electron chi connectivity index (χ2n) is 6.09. The van der Waals surface area contributed by atoms with Crippen molar-refractivity contribution in [2.24, 2.45) is 0 Å². The second-order valence-corrected chi connectivity index (χ2v) is 6.09. The number of hydrogen-bond acceptors (Lipinski definition) is 3. The Hall–Kier alpha value is -1.39. The first-order valence-electron chi connectivity index (χ1n) is 7.94. The molecule has 1 saturated heterocycles. The summed E-state index contributed by atoms with van der Waals surface area (Å²) in [5.74, 6) is 0.0526. The Morgan fingerprint density at radius 2 is 2.24 bits per heavy atom. The molecule has 1 aromatic carbocycles. The van der Waals surface area contributed by atoms with E-state index in [0.717, 1.165) is 39.0 Å². The maximum absolute atomic E-state index is 12.0. The van der Waals surface area contributed by atoms with E-state index in [1.807, 2.05) is 0 Å². The van der Waals surface area contributed by atoms with Crippen molar-refractivity contribution in [3.63, 3.8) is 0 Å². The van der Waals surface area contributed by atoms with E-state index in [1.165, 1.54) is 11.1 Å². The summed E-state index contributed by atoms with van der Waals surface area (Å²) in [5, 5.41) is 3.04. The predicted octanol–water partition coefficient (Wildman–Crippen LogP) is 1.73. The number of nitrogens with zero attached hydrogens (tertiary/aromatic N) is 1. The van der Waals surface area contributed by atoms with Gasteiger partial charge in [-0.1, -0.05) is 24.3 Å². The van der Waals surface area contributed by atoms with Gasteiger partial charge in [-0.2, -0.15) is 0 Å². The number of benzene rings is 1. The van der Waals surface area contributed by atoms with Crippen molar-refractivity contribution in [2.75, 3.05) is 19.7 Å². The number of ether oxygens (including phenoxy) is 1. The van der Waals surface area contributed by atoms with Crippen molar-refractivity contribution < 1.29 is 9.53 Å². The van der Waals surface area contributed by atoms with E-state index in [9.17, 15) is 4.79 Å². The molecule has 1 aromatic rings. The van der Waals surface area contributed by atoms with E-state index in [4.69, 9.17) is 4.74 Å². The third-order valence-electron chi connectivity index (χ3n) is 4.58. The topological polar surface area (TPSA) is 41.6 Å². The Morgan fingerprint density at radius 3 is 3.00 bits per heavy atom. The van der Waals surface area contributed by atoms with Gasteiger partial charge in [0.1, 0.15) is 6.10 Å². The lowest BCUT2D eigenvalue weighted by Gasteiger charge is -2.34. The van der Waals surface area contributed by atoms with E-state index >= 15 is 0 Å². The van der Waals surface area contributed by atoms with Gasteiger partial charge < -0.3 is 10.1 Å². The van der Waals surface area contributed by atoms with Crippen LogP contribution < -0.4 is 5.32 Å². The van der Waals surface area contributed by atoms with Gasteiger partial charge in [-0.25, -0.2) is 0 Å². The Bertz CT molecular complexity index is 497. The first-order chi connectivity index (χ1) is 10.2. The van der Waals surface area contributed by atoms with Crippen molar-refractivity contribution in [2.45, 2.75) is 44.9 Å². The number of amides is 1. The number of hydrogen-bond donors (Lipinski definition) is 1. The van der Waals surface area contributed by atoms with Crippen LogP contribution in [0.15, 0.2) is 24.3 Å². The summed E-state index contributed by atoms with van der Waals surface area (Å²) in [6.45, 7) is 5.64. The van der Waals surface area contributed by atoms with Gasteiger partial charge in [0, 0.05) is 32.3 Å². The van der Waals surface area contributed by atoms with Crippen molar-refractivity contribution in [3.05, 3.63) is 35.4 Å². The van der Waals surface area contributed by atoms with E-state index in [-0.39, 0.29) is 12.0 Å². The summed E-state index contributed by atoms with van der Waals surface area (Å²) < 4.78 is 5.41. The fourth-order valence-corrected chi connectivity index (χ4v) is 3.17. The quantitative estimate of drug-likeness (QED) is 0.917. The zero-order chi connectivity index (χ0) is 14.7. The van der Waals surface area contributed by atoms with Crippen molar-refractivity contribution in [1.29, 1.82) is 0 Å². The van der Waals surface area contributed by atoms with Crippen LogP contribution in [-0.4, -0.2) is 42.6 Å². The highest BCUT2D eigenvalue weighted by Gasteiger charge is 2.25. The van der Waals surface area contributed by atoms with Gasteiger partial charge in [0.2, 0.25) is 5.91 Å². The van der Waals surface area contributed by atoms with Gasteiger partial charge in [-0.05, 0) is 37.3 Å². The minimum atomic E-state index is -0.223. The molecule has 0 aliphatic carbocycles. The van der Waals surface area contributed by atoms with Gasteiger partial charge in [-0.15, -0.1) is 0 Å². The maximum atomic E-state index is 12.0. The Kier molecular flexibility index (Phi) is 4.56. The Morgan fingerprint density at radius 1 is 1.43 bits per heavy atom. The van der Waals surface area contributed by atoms with E-state index < -0.39 is 0 Å². The van der Waals surface area contributed by atoms with Crippen molar-refractivity contribution in [1.82, 2.24) is 10.2 Å². The number of fused-ring (bicyclic) bond motifs is 1. The maximum Gasteiger partial charge on any atom is 0.249 e. The lowest BCUT2D eigenvalue weighted by atomic mass is 9.99. The molecular weight excluding hydrogens is 264 g/mol. The Balaban J connectivity index is 1.50. The average Bonchev–Trinajstić information content (AvgIpc) is 3.06. The van der Waals surface area contributed by atoms with E-state index in [2.05, 4.69) is 41.4 Å². The van der Waals surface area contributed by atoms with Gasteiger partial charge in [0.15, 0.2) is 0 Å². The highest BCUT2D eigenvalue weighted by atomic mass is 16.5. The van der Waals surface area contributed by atoms with Crippen LogP contribution in [0.1, 0.15) is 30.9 Å². The highest BCUT2D eigenvalue weighted by Crippen LogP contribution is 2.20. The summed E-state index contributed by atoms with van der Waals surface area (Å²) in [7, 11) is 0. The molecule has 0 saturated carbocycles. The SMILES string of the molecule is CC(CNC(=O)C1CCCO1)N1CCc2ccccc2C1. The van der Waals surface area contributed by atoms with Crippen molar-refractivity contribution >= 4 is 5.91 Å². The lowest BCUT2D eigenvalue weighted by molar-refractivity contribution is -0.130. The zero-order valence-corrected chi connectivity index (χ0v) is 12.7. The Labute approximate surface area is 126 Å². The zero-order valence-electron chi connectivity index (χ0n) is 12.7. The molecule has 4 heteroatoms. The monoisotopic (exact) mass is 288 g/mol. The molecule has 0 radical (unpaired) electrons. The molecule has 2 aliphatic rings. The van der Waals surface area contributed by atoms with E-state index in [0.29, 0.717) is 12.6 Å². The fourth-order valence-electron chi connectivity index (χ4n) is 3.17. The van der Waals surface area contributed by atoms with Crippen LogP contribution in [0.25, 0.3) is 0 Å². The number of carbonyl (C=O) groups is 1. The van der Waals surface area contributed by atoms with Crippen LogP contribution in [0, 0.1) is 0 Å². The van der Waals surface area contributed by atoms with Crippen LogP contribution in [0.3, 0.4) is 0 Å². The molecule has 3 rings (SSSR count). The van der Waals surface area contributed by atoms with Crippen molar-refractivity contribution in [3.8, 4) is 0 Å². The predicted molar refractivity (Wildman–Crippen MR) is 82.0 cm³/mol. The molecule has 0 bridgehead atoms. The smallest absolute Gasteiger partial charge is 0.249 e. The van der Waals surface area contributed by atoms with Gasteiger partial charge >= 0.3 is 0 Å². The molecule has 21 heavy (non-hydrogen) atoms. The fraction of sp³-hybridized carbons (Fsp3) is 0.588. The molecule has 1 amide bonds. The first kappa shape index (κ1) is 14.5. The van der Waals surface area contributed by atoms with Gasteiger partial charge in [0.25, 0.3) is 0 Å². The summed E-state index contributed by atoms with van der Waals surface area (Å²) in [6, 6.07) is 8.99. The summed E-state index contributed by atoms with van der Waals surface area (Å²) >= 11 is 0. The van der Waals surface area contributed by atoms with Crippen LogP contribution in [0.2, 0.25) is 0 Å². The summed E-state index contributed by atoms with van der Waals surface area (Å²) in [5.41, 5.74) is 2.88. The normalized spacial score (nSPS) is 23.6. The molecule has 4 nitrogen and oxygen atoms in total. The molecule has 2 unspecified atom stereocenters.